The van der Waals surface area contributed by atoms with Crippen molar-refractivity contribution in [3.05, 3.63) is 94.5 Å². The fraction of sp³-hybridized carbons (Fsp3) is 0.0370. The number of nitrogens with zero attached hydrogens (tertiary/aromatic N) is 2. The van der Waals surface area contributed by atoms with Crippen LogP contribution in [-0.4, -0.2) is 28.0 Å². The van der Waals surface area contributed by atoms with Crippen molar-refractivity contribution in [3.63, 3.8) is 0 Å². The Kier molecular flexibility index (Phi) is 5.16. The number of benzene rings is 3. The number of rotatable bonds is 2. The van der Waals surface area contributed by atoms with Crippen LogP contribution in [0.4, 0.5) is 5.69 Å². The highest BCUT2D eigenvalue weighted by Crippen LogP contribution is 2.42. The molecule has 0 fully saturated rings. The average Bonchev–Trinajstić information content (AvgIpc) is 2.87. The molecule has 0 amide bonds. The van der Waals surface area contributed by atoms with E-state index in [-0.39, 0.29) is 32.4 Å². The van der Waals surface area contributed by atoms with Crippen LogP contribution in [0.25, 0.3) is 27.6 Å². The molecule has 6 heteroatoms. The number of allylic oxidation sites excluding steroid dienone is 1. The minimum atomic E-state index is -0.731. The summed E-state index contributed by atoms with van der Waals surface area (Å²) in [4.78, 5) is 45.4. The zero-order valence-electron chi connectivity index (χ0n) is 17.0. The maximum Gasteiger partial charge on any atom is 0.134 e. The maximum atomic E-state index is 12.2. The van der Waals surface area contributed by atoms with E-state index in [0.29, 0.717) is 16.5 Å². The van der Waals surface area contributed by atoms with Gasteiger partial charge in [-0.2, -0.15) is 0 Å². The molecule has 0 bridgehead atoms. The molecule has 1 atom stereocenters. The minimum absolute atomic E-state index is 0.0307. The van der Waals surface area contributed by atoms with E-state index in [1.54, 1.807) is 24.4 Å². The number of halogens is 1. The summed E-state index contributed by atoms with van der Waals surface area (Å²) in [5.41, 5.74) is 3.16. The van der Waals surface area contributed by atoms with Crippen molar-refractivity contribution in [2.45, 2.75) is 5.92 Å². The number of aliphatic imine (C=N–C) groups is 1. The summed E-state index contributed by atoms with van der Waals surface area (Å²) in [6, 6.07) is 20.3. The molecule has 33 heavy (non-hydrogen) atoms. The third-order valence-electron chi connectivity index (χ3n) is 5.69. The lowest BCUT2D eigenvalue weighted by atomic mass is 9.83. The molecule has 0 saturated heterocycles. The van der Waals surface area contributed by atoms with Gasteiger partial charge in [-0.1, -0.05) is 72.3 Å². The molecule has 2 heterocycles. The number of hydrogen-bond acceptors (Lipinski definition) is 5. The van der Waals surface area contributed by atoms with Crippen molar-refractivity contribution in [2.75, 3.05) is 0 Å². The van der Waals surface area contributed by atoms with Crippen LogP contribution in [0.2, 0.25) is 0 Å². The highest BCUT2D eigenvalue weighted by molar-refractivity contribution is 6.68. The van der Waals surface area contributed by atoms with Crippen molar-refractivity contribution in [2.24, 2.45) is 4.99 Å². The van der Waals surface area contributed by atoms with Gasteiger partial charge in [-0.25, -0.2) is 19.4 Å². The normalized spacial score (nSPS) is 14.6. The van der Waals surface area contributed by atoms with E-state index in [4.69, 9.17) is 11.6 Å². The van der Waals surface area contributed by atoms with Gasteiger partial charge >= 0.3 is 0 Å². The molecule has 1 aromatic heterocycles. The molecule has 5 rings (SSSR count). The Bertz CT molecular complexity index is 1680. The highest BCUT2D eigenvalue weighted by atomic mass is 35.5. The first-order valence-electron chi connectivity index (χ1n) is 10.0. The third-order valence-corrected chi connectivity index (χ3v) is 5.99. The van der Waals surface area contributed by atoms with Crippen LogP contribution < -0.4 is 10.4 Å². The maximum absolute atomic E-state index is 12.2. The van der Waals surface area contributed by atoms with Crippen molar-refractivity contribution < 1.29 is 14.4 Å². The van der Waals surface area contributed by atoms with E-state index >= 15 is 0 Å². The van der Waals surface area contributed by atoms with Gasteiger partial charge in [0, 0.05) is 22.7 Å². The van der Waals surface area contributed by atoms with Gasteiger partial charge in [0.15, 0.2) is 0 Å². The zero-order valence-corrected chi connectivity index (χ0v) is 17.8. The first-order valence-corrected chi connectivity index (χ1v) is 10.4. The fourth-order valence-corrected chi connectivity index (χ4v) is 4.52. The Balaban J connectivity index is 1.91. The van der Waals surface area contributed by atoms with Crippen molar-refractivity contribution in [3.8, 4) is 11.1 Å². The van der Waals surface area contributed by atoms with Crippen molar-refractivity contribution in [1.29, 1.82) is 0 Å². The molecule has 1 unspecified atom stereocenters. The van der Waals surface area contributed by atoms with E-state index < -0.39 is 5.92 Å². The van der Waals surface area contributed by atoms with Crippen LogP contribution in [0.3, 0.4) is 0 Å². The zero-order chi connectivity index (χ0) is 22.9. The number of pyridine rings is 1. The quantitative estimate of drug-likeness (QED) is 0.441. The van der Waals surface area contributed by atoms with Gasteiger partial charge in [0.2, 0.25) is 0 Å². The topological polar surface area (TPSA) is 76.5 Å². The molecule has 0 saturated carbocycles. The Morgan fingerprint density at radius 2 is 1.45 bits per heavy atom. The molecule has 0 N–H and O–H groups in total. The first-order chi connectivity index (χ1) is 16.2. The Hall–Kier alpha value is -4.36. The number of aromatic nitrogens is 1. The molecule has 1 aliphatic rings. The van der Waals surface area contributed by atoms with E-state index in [0.717, 1.165) is 11.1 Å². The van der Waals surface area contributed by atoms with Gasteiger partial charge in [0.25, 0.3) is 0 Å². The molecule has 4 aromatic rings. The summed E-state index contributed by atoms with van der Waals surface area (Å²) < 4.78 is 0. The van der Waals surface area contributed by atoms with E-state index in [1.165, 1.54) is 0 Å². The van der Waals surface area contributed by atoms with Crippen LogP contribution in [0.5, 0.6) is 0 Å². The largest absolute Gasteiger partial charge is 0.253 e. The Labute approximate surface area is 192 Å². The third kappa shape index (κ3) is 3.26. The lowest BCUT2D eigenvalue weighted by Gasteiger charge is -2.24. The molecule has 1 aliphatic heterocycles. The predicted octanol–water partition coefficient (Wildman–Crippen LogP) is 3.19. The highest BCUT2D eigenvalue weighted by Gasteiger charge is 2.33. The van der Waals surface area contributed by atoms with Crippen LogP contribution in [0.1, 0.15) is 17.0 Å². The van der Waals surface area contributed by atoms with Gasteiger partial charge in [-0.15, -0.1) is 0 Å². The van der Waals surface area contributed by atoms with E-state index in [1.807, 2.05) is 66.4 Å². The second-order valence-corrected chi connectivity index (χ2v) is 7.85. The summed E-state index contributed by atoms with van der Waals surface area (Å²) in [5.74, 6) is 4.88. The summed E-state index contributed by atoms with van der Waals surface area (Å²) >= 11 is 6.56. The van der Waals surface area contributed by atoms with Gasteiger partial charge in [0.1, 0.15) is 28.7 Å². The lowest BCUT2D eigenvalue weighted by molar-refractivity contribution is 0.564. The fourth-order valence-electron chi connectivity index (χ4n) is 4.20. The standard InChI is InChI=1S/C27H13ClN2O3/c28-27-23(17-9-5-2-6-10-17)22(15-33)24-21(14-32)20(13-31)19-11-18(16-7-3-1-4-8-16)12-29-25(19)26(24)30-27/h1-12,23H. The van der Waals surface area contributed by atoms with Crippen LogP contribution in [0.15, 0.2) is 77.9 Å². The summed E-state index contributed by atoms with van der Waals surface area (Å²) in [7, 11) is 0. The molecule has 5 nitrogen and oxygen atoms in total. The molecular weight excluding hydrogens is 436 g/mol. The second-order valence-electron chi connectivity index (χ2n) is 7.46. The molecule has 156 valence electrons. The number of fused-ring (bicyclic) bond motifs is 3. The number of hydrogen-bond donors (Lipinski definition) is 0. The molecule has 0 aliphatic carbocycles. The van der Waals surface area contributed by atoms with Gasteiger partial charge < -0.3 is 0 Å². The molecule has 3 aromatic carbocycles. The van der Waals surface area contributed by atoms with Crippen LogP contribution in [-0.2, 0) is 14.4 Å². The first kappa shape index (κ1) is 20.5. The van der Waals surface area contributed by atoms with Gasteiger partial charge in [-0.05, 0) is 17.2 Å². The van der Waals surface area contributed by atoms with Gasteiger partial charge in [-0.3, -0.25) is 4.98 Å². The Morgan fingerprint density at radius 3 is 2.09 bits per heavy atom. The number of carbonyl (C=O) groups excluding carboxylic acids is 3. The summed E-state index contributed by atoms with van der Waals surface area (Å²) in [6.07, 6.45) is 1.65. The summed E-state index contributed by atoms with van der Waals surface area (Å²) in [6.45, 7) is 0. The summed E-state index contributed by atoms with van der Waals surface area (Å²) in [5, 5.41) is 0.380. The van der Waals surface area contributed by atoms with E-state index in [9.17, 15) is 14.4 Å². The Morgan fingerprint density at radius 1 is 0.788 bits per heavy atom. The molecule has 0 radical (unpaired) electrons. The second kappa shape index (κ2) is 8.29. The van der Waals surface area contributed by atoms with E-state index in [2.05, 4.69) is 9.98 Å². The smallest absolute Gasteiger partial charge is 0.134 e. The molecular formula is C27H13ClN2O3. The predicted molar refractivity (Wildman–Crippen MR) is 127 cm³/mol. The molecule has 0 spiro atoms. The average molecular weight is 449 g/mol. The SMILES string of the molecule is O=C=C1c2c(c3ncc(-c4ccccc4)cc3c(=C=O)c2=C=O)N=C(Cl)C1c1ccccc1. The van der Waals surface area contributed by atoms with Crippen molar-refractivity contribution in [1.82, 2.24) is 4.98 Å². The van der Waals surface area contributed by atoms with Crippen molar-refractivity contribution >= 4 is 56.8 Å². The van der Waals surface area contributed by atoms with Crippen LogP contribution in [0, 0.1) is 0 Å². The monoisotopic (exact) mass is 448 g/mol. The lowest BCUT2D eigenvalue weighted by Crippen LogP contribution is -2.34. The van der Waals surface area contributed by atoms with Gasteiger partial charge in [0.05, 0.1) is 27.4 Å². The van der Waals surface area contributed by atoms with Crippen LogP contribution >= 0.6 is 11.6 Å². The minimum Gasteiger partial charge on any atom is -0.253 e.